The van der Waals surface area contributed by atoms with E-state index in [-0.39, 0.29) is 0 Å². The van der Waals surface area contributed by atoms with Crippen molar-refractivity contribution in [3.8, 4) is 0 Å². The Balaban J connectivity index is 2.64. The zero-order chi connectivity index (χ0) is 10.6. The molecule has 0 aromatic rings. The second kappa shape index (κ2) is 5.09. The van der Waals surface area contributed by atoms with Gasteiger partial charge in [-0.3, -0.25) is 4.84 Å². The third kappa shape index (κ3) is 3.22. The van der Waals surface area contributed by atoms with Crippen molar-refractivity contribution in [1.29, 1.82) is 0 Å². The lowest BCUT2D eigenvalue weighted by atomic mass is 10.6. The van der Waals surface area contributed by atoms with Gasteiger partial charge in [0.05, 0.1) is 7.11 Å². The average molecular weight is 239 g/mol. The number of hydroxylamine groups is 1. The second-order valence-electron chi connectivity index (χ2n) is 2.64. The highest BCUT2D eigenvalue weighted by Crippen LogP contribution is 2.51. The first-order valence-corrected chi connectivity index (χ1v) is 6.63. The minimum Gasteiger partial charge on any atom is -0.406 e. The number of allylic oxidation sites excluding steroid dienone is 1. The number of nitrogens with one attached hydrogen (secondary N) is 1. The molecule has 1 fully saturated rings. The Morgan fingerprint density at radius 3 is 2.21 bits per heavy atom. The zero-order valence-electron chi connectivity index (χ0n) is 8.40. The van der Waals surface area contributed by atoms with Crippen molar-refractivity contribution in [1.82, 2.24) is 5.48 Å². The predicted molar refractivity (Wildman–Crippen MR) is 55.8 cm³/mol. The van der Waals surface area contributed by atoms with E-state index < -0.39 is 6.72 Å². The van der Waals surface area contributed by atoms with Crippen LogP contribution in [0.3, 0.4) is 0 Å². The molecule has 0 radical (unpaired) electrons. The molecule has 14 heavy (non-hydrogen) atoms. The molecule has 1 aliphatic rings. The molecule has 0 heterocycles. The van der Waals surface area contributed by atoms with Crippen molar-refractivity contribution in [3.05, 3.63) is 11.5 Å². The highest BCUT2D eigenvalue weighted by atomic mass is 32.5. The third-order valence-corrected chi connectivity index (χ3v) is 4.08. The summed E-state index contributed by atoms with van der Waals surface area (Å²) >= 11 is 5.06. The molecule has 5 nitrogen and oxygen atoms in total. The summed E-state index contributed by atoms with van der Waals surface area (Å²) in [5.41, 5.74) is 3.76. The molecule has 0 bridgehead atoms. The quantitative estimate of drug-likeness (QED) is 0.432. The highest BCUT2D eigenvalue weighted by molar-refractivity contribution is 8.07. The lowest BCUT2D eigenvalue weighted by Gasteiger charge is -2.20. The van der Waals surface area contributed by atoms with Crippen molar-refractivity contribution in [2.45, 2.75) is 12.8 Å². The van der Waals surface area contributed by atoms with E-state index >= 15 is 0 Å². The Hall–Kier alpha value is -0.130. The maximum absolute atomic E-state index is 5.43. The lowest BCUT2D eigenvalue weighted by Crippen LogP contribution is -2.14. The van der Waals surface area contributed by atoms with Crippen LogP contribution >= 0.6 is 6.72 Å². The molecule has 82 valence electrons. The van der Waals surface area contributed by atoms with Gasteiger partial charge >= 0.3 is 6.72 Å². The molecule has 0 atom stereocenters. The van der Waals surface area contributed by atoms with Crippen molar-refractivity contribution in [3.63, 3.8) is 0 Å². The van der Waals surface area contributed by atoms with Crippen LogP contribution in [0.15, 0.2) is 11.5 Å². The summed E-state index contributed by atoms with van der Waals surface area (Å²) in [6, 6.07) is 0. The van der Waals surface area contributed by atoms with Crippen LogP contribution < -0.4 is 5.48 Å². The Morgan fingerprint density at radius 2 is 1.86 bits per heavy atom. The van der Waals surface area contributed by atoms with Crippen molar-refractivity contribution in [2.24, 2.45) is 0 Å². The minimum absolute atomic E-state index is 0.527. The van der Waals surface area contributed by atoms with Gasteiger partial charge in [0.15, 0.2) is 0 Å². The summed E-state index contributed by atoms with van der Waals surface area (Å²) in [6.07, 6.45) is 1.99. The summed E-state index contributed by atoms with van der Waals surface area (Å²) in [5.74, 6) is 0.527. The normalized spacial score (nSPS) is 15.2. The minimum atomic E-state index is -2.65. The van der Waals surface area contributed by atoms with Crippen LogP contribution in [0, 0.1) is 0 Å². The molecular formula is C7H14NO4PS. The van der Waals surface area contributed by atoms with E-state index in [1.165, 1.54) is 21.3 Å². The van der Waals surface area contributed by atoms with Crippen LogP contribution in [0.25, 0.3) is 0 Å². The van der Waals surface area contributed by atoms with Crippen LogP contribution in [0.2, 0.25) is 0 Å². The van der Waals surface area contributed by atoms with E-state index in [1.54, 1.807) is 0 Å². The molecule has 1 rings (SSSR count). The first kappa shape index (κ1) is 11.9. The average Bonchev–Trinajstić information content (AvgIpc) is 3.00. The van der Waals surface area contributed by atoms with E-state index in [0.29, 0.717) is 5.88 Å². The Bertz CT molecular complexity index is 267. The van der Waals surface area contributed by atoms with Crippen LogP contribution in [0.1, 0.15) is 12.8 Å². The Kier molecular flexibility index (Phi) is 4.34. The maximum Gasteiger partial charge on any atom is 0.381 e. The molecule has 0 saturated heterocycles. The number of rotatable bonds is 6. The molecule has 0 aliphatic heterocycles. The zero-order valence-corrected chi connectivity index (χ0v) is 10.1. The van der Waals surface area contributed by atoms with Gasteiger partial charge in [-0.15, -0.1) is 0 Å². The summed E-state index contributed by atoms with van der Waals surface area (Å²) < 4.78 is 15.4. The third-order valence-electron chi connectivity index (χ3n) is 1.67. The molecule has 0 amide bonds. The van der Waals surface area contributed by atoms with Crippen LogP contribution in [0.5, 0.6) is 0 Å². The standard InChI is InChI=1S/C7H14NO4PS/c1-9-8-7(6-4-5-6)12-13(14,10-2)11-3/h8H,4-5H2,1-3H3. The van der Waals surface area contributed by atoms with Gasteiger partial charge in [0.25, 0.3) is 0 Å². The van der Waals surface area contributed by atoms with Crippen LogP contribution in [0.4, 0.5) is 0 Å². The SMILES string of the molecule is CONC(OP(=S)(OC)OC)=C1CC1. The van der Waals surface area contributed by atoms with Gasteiger partial charge in [0.1, 0.15) is 0 Å². The summed E-state index contributed by atoms with van der Waals surface area (Å²) in [4.78, 5) is 4.77. The highest BCUT2D eigenvalue weighted by Gasteiger charge is 2.26. The van der Waals surface area contributed by atoms with Gasteiger partial charge in [-0.1, -0.05) is 0 Å². The lowest BCUT2D eigenvalue weighted by molar-refractivity contribution is 0.0759. The first-order chi connectivity index (χ1) is 6.65. The monoisotopic (exact) mass is 239 g/mol. The molecular weight excluding hydrogens is 225 g/mol. The summed E-state index contributed by atoms with van der Waals surface area (Å²) in [6.45, 7) is -2.65. The first-order valence-electron chi connectivity index (χ1n) is 4.07. The molecule has 7 heteroatoms. The van der Waals surface area contributed by atoms with E-state index in [1.807, 2.05) is 0 Å². The van der Waals surface area contributed by atoms with Gasteiger partial charge < -0.3 is 13.6 Å². The van der Waals surface area contributed by atoms with Crippen LogP contribution in [-0.2, 0) is 30.2 Å². The molecule has 1 aliphatic carbocycles. The molecule has 0 spiro atoms. The molecule has 1 saturated carbocycles. The van der Waals surface area contributed by atoms with Crippen molar-refractivity contribution < 1.29 is 18.4 Å². The fraction of sp³-hybridized carbons (Fsp3) is 0.714. The van der Waals surface area contributed by atoms with Crippen molar-refractivity contribution in [2.75, 3.05) is 21.3 Å². The van der Waals surface area contributed by atoms with Gasteiger partial charge in [-0.05, 0) is 18.4 Å². The summed E-state index contributed by atoms with van der Waals surface area (Å²) in [5, 5.41) is 0. The smallest absolute Gasteiger partial charge is 0.381 e. The summed E-state index contributed by atoms with van der Waals surface area (Å²) in [7, 11) is 4.44. The van der Waals surface area contributed by atoms with Crippen molar-refractivity contribution >= 4 is 18.5 Å². The Morgan fingerprint density at radius 1 is 1.29 bits per heavy atom. The largest absolute Gasteiger partial charge is 0.406 e. The van der Waals surface area contributed by atoms with Gasteiger partial charge in [-0.25, -0.2) is 5.48 Å². The topological polar surface area (TPSA) is 49.0 Å². The predicted octanol–water partition coefficient (Wildman–Crippen LogP) is 1.68. The van der Waals surface area contributed by atoms with Crippen LogP contribution in [-0.4, -0.2) is 21.3 Å². The van der Waals surface area contributed by atoms with Gasteiger partial charge in [-0.2, -0.15) is 0 Å². The van der Waals surface area contributed by atoms with E-state index in [9.17, 15) is 0 Å². The van der Waals surface area contributed by atoms with Gasteiger partial charge in [0.2, 0.25) is 5.88 Å². The van der Waals surface area contributed by atoms with Gasteiger partial charge in [0, 0.05) is 26.0 Å². The van der Waals surface area contributed by atoms with E-state index in [4.69, 9.17) is 30.2 Å². The molecule has 0 unspecified atom stereocenters. The second-order valence-corrected chi connectivity index (χ2v) is 5.79. The van der Waals surface area contributed by atoms with E-state index in [0.717, 1.165) is 18.4 Å². The molecule has 0 aromatic carbocycles. The van der Waals surface area contributed by atoms with E-state index in [2.05, 4.69) is 5.48 Å². The molecule has 0 aromatic heterocycles. The Labute approximate surface area is 88.6 Å². The number of hydrogen-bond acceptors (Lipinski definition) is 6. The molecule has 1 N–H and O–H groups in total. The fourth-order valence-corrected chi connectivity index (χ4v) is 1.71. The maximum atomic E-state index is 5.43. The fourth-order valence-electron chi connectivity index (χ4n) is 0.798. The number of hydrogen-bond donors (Lipinski definition) is 1.